The molecule has 0 radical (unpaired) electrons. The smallest absolute Gasteiger partial charge is 0.268 e. The first kappa shape index (κ1) is 16.8. The van der Waals surface area contributed by atoms with Crippen molar-refractivity contribution in [3.63, 3.8) is 0 Å². The second-order valence-corrected chi connectivity index (χ2v) is 7.67. The lowest BCUT2D eigenvalue weighted by molar-refractivity contribution is 0.0917. The molecule has 1 aromatic heterocycles. The summed E-state index contributed by atoms with van der Waals surface area (Å²) in [5.41, 5.74) is 1.65. The van der Waals surface area contributed by atoms with E-state index in [-0.39, 0.29) is 18.1 Å². The van der Waals surface area contributed by atoms with Gasteiger partial charge in [-0.2, -0.15) is 0 Å². The van der Waals surface area contributed by atoms with E-state index in [4.69, 9.17) is 16.3 Å². The number of ether oxygens (including phenoxy) is 1. The van der Waals surface area contributed by atoms with Crippen LogP contribution in [0.4, 0.5) is 0 Å². The molecule has 5 heteroatoms. The maximum Gasteiger partial charge on any atom is 0.268 e. The van der Waals surface area contributed by atoms with Crippen molar-refractivity contribution in [1.82, 2.24) is 9.88 Å². The zero-order chi connectivity index (χ0) is 17.4. The summed E-state index contributed by atoms with van der Waals surface area (Å²) in [4.78, 5) is 13.0. The number of halogens is 1. The zero-order valence-electron chi connectivity index (χ0n) is 14.7. The highest BCUT2D eigenvalue weighted by atomic mass is 35.5. The quantitative estimate of drug-likeness (QED) is 0.789. The highest BCUT2D eigenvalue weighted by molar-refractivity contribution is 6.36. The molecule has 0 spiro atoms. The lowest BCUT2D eigenvalue weighted by Crippen LogP contribution is -2.37. The van der Waals surface area contributed by atoms with Gasteiger partial charge in [0.15, 0.2) is 0 Å². The predicted molar refractivity (Wildman–Crippen MR) is 101 cm³/mol. The summed E-state index contributed by atoms with van der Waals surface area (Å²) in [5.74, 6) is 0.841. The molecule has 1 aliphatic heterocycles. The molecule has 1 fully saturated rings. The standard InChI is InChI=1S/C20H25ClN2O2/c1-2-14-12-23-17(20(24)22-13-7-5-3-4-6-8-13)11-15-16(21)9-10-18(25-14)19(15)23/h9-11,13-14H,2-8,12H2,1H3,(H,22,24)/t14-/m1/s1. The van der Waals surface area contributed by atoms with Crippen LogP contribution in [0.3, 0.4) is 0 Å². The molecular formula is C20H25ClN2O2. The van der Waals surface area contributed by atoms with E-state index in [2.05, 4.69) is 16.8 Å². The molecule has 1 N–H and O–H groups in total. The lowest BCUT2D eigenvalue weighted by atomic mass is 10.1. The molecule has 2 aromatic rings. The molecule has 0 bridgehead atoms. The third-order valence-corrected chi connectivity index (χ3v) is 5.86. The van der Waals surface area contributed by atoms with Gasteiger partial charge in [-0.1, -0.05) is 44.2 Å². The Bertz CT molecular complexity index is 791. The summed E-state index contributed by atoms with van der Waals surface area (Å²) < 4.78 is 8.15. The Morgan fingerprint density at radius 2 is 2.04 bits per heavy atom. The minimum atomic E-state index is 0.0156. The highest BCUT2D eigenvalue weighted by Crippen LogP contribution is 2.38. The molecule has 25 heavy (non-hydrogen) atoms. The van der Waals surface area contributed by atoms with Crippen LogP contribution in [0.15, 0.2) is 18.2 Å². The zero-order valence-corrected chi connectivity index (χ0v) is 15.4. The van der Waals surface area contributed by atoms with Crippen molar-refractivity contribution in [3.8, 4) is 5.75 Å². The Hall–Kier alpha value is -1.68. The maximum atomic E-state index is 13.0. The summed E-state index contributed by atoms with van der Waals surface area (Å²) >= 11 is 6.38. The number of benzene rings is 1. The largest absolute Gasteiger partial charge is 0.486 e. The highest BCUT2D eigenvalue weighted by Gasteiger charge is 2.27. The average molecular weight is 361 g/mol. The molecule has 1 aromatic carbocycles. The van der Waals surface area contributed by atoms with Gasteiger partial charge < -0.3 is 14.6 Å². The van der Waals surface area contributed by atoms with E-state index in [0.717, 1.165) is 35.9 Å². The minimum Gasteiger partial charge on any atom is -0.486 e. The van der Waals surface area contributed by atoms with Crippen molar-refractivity contribution >= 4 is 28.4 Å². The molecule has 2 aliphatic rings. The fourth-order valence-electron chi connectivity index (χ4n) is 4.10. The van der Waals surface area contributed by atoms with Gasteiger partial charge in [0.05, 0.1) is 17.1 Å². The molecule has 1 amide bonds. The first-order valence-electron chi connectivity index (χ1n) is 9.46. The van der Waals surface area contributed by atoms with Crippen molar-refractivity contribution in [1.29, 1.82) is 0 Å². The molecule has 4 rings (SSSR count). The summed E-state index contributed by atoms with van der Waals surface area (Å²) in [6, 6.07) is 5.98. The van der Waals surface area contributed by atoms with Crippen LogP contribution in [-0.2, 0) is 6.54 Å². The summed E-state index contributed by atoms with van der Waals surface area (Å²) in [7, 11) is 0. The number of hydrogen-bond donors (Lipinski definition) is 1. The van der Waals surface area contributed by atoms with Crippen molar-refractivity contribution in [2.24, 2.45) is 0 Å². The fraction of sp³-hybridized carbons (Fsp3) is 0.550. The van der Waals surface area contributed by atoms with Crippen molar-refractivity contribution in [2.75, 3.05) is 0 Å². The van der Waals surface area contributed by atoms with Crippen LogP contribution in [0.5, 0.6) is 5.75 Å². The molecule has 2 heterocycles. The van der Waals surface area contributed by atoms with Gasteiger partial charge in [-0.05, 0) is 37.5 Å². The number of rotatable bonds is 3. The van der Waals surface area contributed by atoms with Crippen LogP contribution >= 0.6 is 11.6 Å². The van der Waals surface area contributed by atoms with Gasteiger partial charge in [-0.25, -0.2) is 0 Å². The summed E-state index contributed by atoms with van der Waals surface area (Å²) in [5, 5.41) is 4.83. The van der Waals surface area contributed by atoms with Gasteiger partial charge in [-0.3, -0.25) is 4.79 Å². The first-order chi connectivity index (χ1) is 12.2. The number of aromatic nitrogens is 1. The minimum absolute atomic E-state index is 0.0156. The number of nitrogens with one attached hydrogen (secondary N) is 1. The number of nitrogens with zero attached hydrogens (tertiary/aromatic N) is 1. The van der Waals surface area contributed by atoms with Gasteiger partial charge in [0, 0.05) is 11.4 Å². The summed E-state index contributed by atoms with van der Waals surface area (Å²) in [6.07, 6.45) is 8.13. The number of carbonyl (C=O) groups excluding carboxylic acids is 1. The molecule has 134 valence electrons. The van der Waals surface area contributed by atoms with Crippen molar-refractivity contribution in [3.05, 3.63) is 28.9 Å². The van der Waals surface area contributed by atoms with Gasteiger partial charge in [0.1, 0.15) is 17.5 Å². The van der Waals surface area contributed by atoms with E-state index in [1.165, 1.54) is 25.7 Å². The predicted octanol–water partition coefficient (Wildman–Crippen LogP) is 4.92. The molecule has 0 unspecified atom stereocenters. The third kappa shape index (κ3) is 3.12. The van der Waals surface area contributed by atoms with Crippen molar-refractivity contribution in [2.45, 2.75) is 70.6 Å². The van der Waals surface area contributed by atoms with E-state index in [9.17, 15) is 4.79 Å². The number of carbonyl (C=O) groups is 1. The normalized spacial score (nSPS) is 21.0. The molecule has 1 saturated carbocycles. The number of amides is 1. The second-order valence-electron chi connectivity index (χ2n) is 7.26. The van der Waals surface area contributed by atoms with Crippen LogP contribution in [0.1, 0.15) is 62.4 Å². The average Bonchev–Trinajstić information content (AvgIpc) is 2.82. The van der Waals surface area contributed by atoms with Crippen molar-refractivity contribution < 1.29 is 9.53 Å². The van der Waals surface area contributed by atoms with Gasteiger partial charge in [0.25, 0.3) is 5.91 Å². The second kappa shape index (κ2) is 6.91. The Morgan fingerprint density at radius 3 is 2.76 bits per heavy atom. The van der Waals surface area contributed by atoms with E-state index in [1.54, 1.807) is 0 Å². The fourth-order valence-corrected chi connectivity index (χ4v) is 4.31. The molecule has 4 nitrogen and oxygen atoms in total. The SMILES string of the molecule is CC[C@@H]1Cn2c(C(=O)NC3CCCCCC3)cc3c(Cl)ccc(c32)O1. The van der Waals surface area contributed by atoms with Crippen LogP contribution in [0.2, 0.25) is 5.02 Å². The first-order valence-corrected chi connectivity index (χ1v) is 9.84. The Balaban J connectivity index is 1.69. The molecule has 0 saturated heterocycles. The Kier molecular flexibility index (Phi) is 4.63. The Morgan fingerprint density at radius 1 is 1.28 bits per heavy atom. The van der Waals surface area contributed by atoms with E-state index in [0.29, 0.717) is 17.3 Å². The molecular weight excluding hydrogens is 336 g/mol. The topological polar surface area (TPSA) is 43.3 Å². The van der Waals surface area contributed by atoms with Crippen LogP contribution in [0.25, 0.3) is 10.9 Å². The Labute approximate surface area is 153 Å². The lowest BCUT2D eigenvalue weighted by Gasteiger charge is -2.27. The van der Waals surface area contributed by atoms with E-state index in [1.807, 2.05) is 18.2 Å². The van der Waals surface area contributed by atoms with E-state index >= 15 is 0 Å². The number of hydrogen-bond acceptors (Lipinski definition) is 2. The van der Waals surface area contributed by atoms with E-state index < -0.39 is 0 Å². The molecule has 1 atom stereocenters. The third-order valence-electron chi connectivity index (χ3n) is 5.53. The van der Waals surface area contributed by atoms with Gasteiger partial charge in [0.2, 0.25) is 0 Å². The van der Waals surface area contributed by atoms with Crippen LogP contribution < -0.4 is 10.1 Å². The maximum absolute atomic E-state index is 13.0. The monoisotopic (exact) mass is 360 g/mol. The van der Waals surface area contributed by atoms with Gasteiger partial charge >= 0.3 is 0 Å². The van der Waals surface area contributed by atoms with Gasteiger partial charge in [-0.15, -0.1) is 0 Å². The molecule has 1 aliphatic carbocycles. The van der Waals surface area contributed by atoms with Crippen LogP contribution in [-0.4, -0.2) is 22.6 Å². The summed E-state index contributed by atoms with van der Waals surface area (Å²) in [6.45, 7) is 2.80. The van der Waals surface area contributed by atoms with Crippen LogP contribution in [0, 0.1) is 0 Å².